The van der Waals surface area contributed by atoms with Gasteiger partial charge in [0.2, 0.25) is 0 Å². The topological polar surface area (TPSA) is 70.5 Å². The van der Waals surface area contributed by atoms with Gasteiger partial charge in [0.05, 0.1) is 27.0 Å². The summed E-state index contributed by atoms with van der Waals surface area (Å²) in [6.45, 7) is 1.27. The van der Waals surface area contributed by atoms with Gasteiger partial charge in [0, 0.05) is 0 Å². The highest BCUT2D eigenvalue weighted by Crippen LogP contribution is 2.31. The van der Waals surface area contributed by atoms with Crippen molar-refractivity contribution in [3.63, 3.8) is 0 Å². The Morgan fingerprint density at radius 1 is 1.33 bits per heavy atom. The Morgan fingerprint density at radius 2 is 1.94 bits per heavy atom. The van der Waals surface area contributed by atoms with Gasteiger partial charge in [-0.15, -0.1) is 0 Å². The number of methoxy groups -OCH3 is 2. The number of esters is 1. The molecule has 0 unspecified atom stereocenters. The fourth-order valence-electron chi connectivity index (χ4n) is 1.11. The Morgan fingerprint density at radius 3 is 2.44 bits per heavy atom. The van der Waals surface area contributed by atoms with Crippen LogP contribution in [-0.2, 0) is 15.5 Å². The van der Waals surface area contributed by atoms with Crippen LogP contribution in [0.3, 0.4) is 0 Å². The third-order valence-electron chi connectivity index (χ3n) is 1.95. The van der Waals surface area contributed by atoms with Crippen molar-refractivity contribution in [1.82, 2.24) is 9.97 Å². The molecule has 1 aromatic rings. The van der Waals surface area contributed by atoms with E-state index < -0.39 is 17.6 Å². The van der Waals surface area contributed by atoms with E-state index in [1.807, 2.05) is 0 Å². The minimum atomic E-state index is -3.89. The molecule has 100 valence electrons. The second-order valence-electron chi connectivity index (χ2n) is 3.07. The standard InChI is InChI=1S/C10H12F2N2O4/c1-4-18-9(15)10(11,12)6-5-13-7(16-2)8(14-6)17-3/h5H,4H2,1-3H3. The molecule has 0 aromatic carbocycles. The molecule has 0 atom stereocenters. The van der Waals surface area contributed by atoms with E-state index in [1.54, 1.807) is 0 Å². The number of ether oxygens (including phenoxy) is 3. The molecule has 0 aliphatic rings. The van der Waals surface area contributed by atoms with E-state index in [0.29, 0.717) is 0 Å². The zero-order chi connectivity index (χ0) is 13.8. The molecular formula is C10H12F2N2O4. The average molecular weight is 262 g/mol. The van der Waals surface area contributed by atoms with Gasteiger partial charge in [0.15, 0.2) is 0 Å². The lowest BCUT2D eigenvalue weighted by molar-refractivity contribution is -0.173. The van der Waals surface area contributed by atoms with Crippen molar-refractivity contribution in [1.29, 1.82) is 0 Å². The number of alkyl halides is 2. The van der Waals surface area contributed by atoms with Crippen molar-refractivity contribution < 1.29 is 27.8 Å². The third-order valence-corrected chi connectivity index (χ3v) is 1.95. The van der Waals surface area contributed by atoms with Gasteiger partial charge in [0.25, 0.3) is 11.8 Å². The molecule has 18 heavy (non-hydrogen) atoms. The number of rotatable bonds is 5. The van der Waals surface area contributed by atoms with Gasteiger partial charge in [-0.05, 0) is 6.92 Å². The maximum atomic E-state index is 13.6. The molecule has 8 heteroatoms. The van der Waals surface area contributed by atoms with Crippen molar-refractivity contribution in [3.8, 4) is 11.8 Å². The first kappa shape index (κ1) is 14.1. The monoisotopic (exact) mass is 262 g/mol. The molecule has 0 saturated carbocycles. The lowest BCUT2D eigenvalue weighted by Crippen LogP contribution is -2.29. The van der Waals surface area contributed by atoms with Crippen LogP contribution in [-0.4, -0.2) is 36.8 Å². The molecule has 0 N–H and O–H groups in total. The van der Waals surface area contributed by atoms with Gasteiger partial charge >= 0.3 is 11.9 Å². The summed E-state index contributed by atoms with van der Waals surface area (Å²) in [6, 6.07) is 0. The van der Waals surface area contributed by atoms with Gasteiger partial charge in [-0.25, -0.2) is 14.8 Å². The van der Waals surface area contributed by atoms with Crippen LogP contribution in [0.5, 0.6) is 11.8 Å². The van der Waals surface area contributed by atoms with Crippen LogP contribution in [0.4, 0.5) is 8.78 Å². The van der Waals surface area contributed by atoms with Gasteiger partial charge in [-0.1, -0.05) is 0 Å². The Labute approximate surface area is 102 Å². The zero-order valence-electron chi connectivity index (χ0n) is 10.1. The number of hydrogen-bond donors (Lipinski definition) is 0. The maximum absolute atomic E-state index is 13.6. The SMILES string of the molecule is CCOC(=O)C(F)(F)c1cnc(OC)c(OC)n1. The molecule has 1 heterocycles. The summed E-state index contributed by atoms with van der Waals surface area (Å²) in [5.41, 5.74) is -0.862. The van der Waals surface area contributed by atoms with Crippen molar-refractivity contribution >= 4 is 5.97 Å². The minimum Gasteiger partial charge on any atom is -0.477 e. The Hall–Kier alpha value is -1.99. The van der Waals surface area contributed by atoms with Crippen molar-refractivity contribution in [3.05, 3.63) is 11.9 Å². The predicted molar refractivity (Wildman–Crippen MR) is 55.7 cm³/mol. The first-order valence-corrected chi connectivity index (χ1v) is 4.97. The van der Waals surface area contributed by atoms with Crippen molar-refractivity contribution in [2.24, 2.45) is 0 Å². The van der Waals surface area contributed by atoms with E-state index in [0.717, 1.165) is 6.20 Å². The fraction of sp³-hybridized carbons (Fsp3) is 0.500. The summed E-state index contributed by atoms with van der Waals surface area (Å²) < 4.78 is 41.0. The van der Waals surface area contributed by atoms with Crippen LogP contribution in [0.15, 0.2) is 6.20 Å². The van der Waals surface area contributed by atoms with Crippen molar-refractivity contribution in [2.45, 2.75) is 12.8 Å². The highest BCUT2D eigenvalue weighted by atomic mass is 19.3. The number of nitrogens with zero attached hydrogens (tertiary/aromatic N) is 2. The molecule has 0 aliphatic heterocycles. The minimum absolute atomic E-state index is 0.0547. The maximum Gasteiger partial charge on any atom is 0.386 e. The first-order chi connectivity index (χ1) is 8.47. The summed E-state index contributed by atoms with van der Waals surface area (Å²) in [5, 5.41) is 0. The smallest absolute Gasteiger partial charge is 0.386 e. The molecule has 0 aliphatic carbocycles. The Balaban J connectivity index is 3.12. The molecule has 1 rings (SSSR count). The zero-order valence-corrected chi connectivity index (χ0v) is 10.1. The average Bonchev–Trinajstić information content (AvgIpc) is 2.38. The third kappa shape index (κ3) is 2.63. The Kier molecular flexibility index (Phi) is 4.35. The molecule has 1 aromatic heterocycles. The van der Waals surface area contributed by atoms with Gasteiger partial charge in [-0.3, -0.25) is 0 Å². The summed E-state index contributed by atoms with van der Waals surface area (Å²) >= 11 is 0. The molecule has 0 fully saturated rings. The van der Waals surface area contributed by atoms with E-state index in [9.17, 15) is 13.6 Å². The number of carbonyl (C=O) groups excluding carboxylic acids is 1. The predicted octanol–water partition coefficient (Wildman–Crippen LogP) is 1.15. The Bertz CT molecular complexity index is 440. The largest absolute Gasteiger partial charge is 0.477 e. The molecule has 0 spiro atoms. The van der Waals surface area contributed by atoms with Crippen LogP contribution in [0.2, 0.25) is 0 Å². The number of aromatic nitrogens is 2. The highest BCUT2D eigenvalue weighted by Gasteiger charge is 2.45. The van der Waals surface area contributed by atoms with Crippen LogP contribution in [0.25, 0.3) is 0 Å². The lowest BCUT2D eigenvalue weighted by Gasteiger charge is -2.14. The molecule has 0 bridgehead atoms. The van der Waals surface area contributed by atoms with E-state index in [2.05, 4.69) is 14.7 Å². The molecule has 6 nitrogen and oxygen atoms in total. The summed E-state index contributed by atoms with van der Waals surface area (Å²) in [5.74, 6) is -5.87. The number of hydrogen-bond acceptors (Lipinski definition) is 6. The highest BCUT2D eigenvalue weighted by molar-refractivity contribution is 5.78. The van der Waals surface area contributed by atoms with Crippen molar-refractivity contribution in [2.75, 3.05) is 20.8 Å². The fourth-order valence-corrected chi connectivity index (χ4v) is 1.11. The molecule has 0 saturated heterocycles. The number of carbonyl (C=O) groups is 1. The second kappa shape index (κ2) is 5.56. The van der Waals surface area contributed by atoms with Gasteiger partial charge < -0.3 is 14.2 Å². The van der Waals surface area contributed by atoms with Gasteiger partial charge in [-0.2, -0.15) is 8.78 Å². The lowest BCUT2D eigenvalue weighted by atomic mass is 10.2. The van der Waals surface area contributed by atoms with Gasteiger partial charge in [0.1, 0.15) is 5.69 Å². The number of halogens is 2. The molecule has 0 amide bonds. The summed E-state index contributed by atoms with van der Waals surface area (Å²) in [4.78, 5) is 18.2. The van der Waals surface area contributed by atoms with E-state index >= 15 is 0 Å². The second-order valence-corrected chi connectivity index (χ2v) is 3.07. The quantitative estimate of drug-likeness (QED) is 0.741. The normalized spacial score (nSPS) is 10.9. The van der Waals surface area contributed by atoms with E-state index in [-0.39, 0.29) is 18.4 Å². The summed E-state index contributed by atoms with van der Waals surface area (Å²) in [6.07, 6.45) is 0.734. The molecule has 0 radical (unpaired) electrons. The van der Waals surface area contributed by atoms with Crippen LogP contribution in [0.1, 0.15) is 12.6 Å². The van der Waals surface area contributed by atoms with Crippen LogP contribution in [0, 0.1) is 0 Å². The van der Waals surface area contributed by atoms with Crippen LogP contribution < -0.4 is 9.47 Å². The van der Waals surface area contributed by atoms with E-state index in [1.165, 1.54) is 21.1 Å². The van der Waals surface area contributed by atoms with Crippen LogP contribution >= 0.6 is 0 Å². The molecular weight excluding hydrogens is 250 g/mol. The van der Waals surface area contributed by atoms with E-state index in [4.69, 9.17) is 9.47 Å². The first-order valence-electron chi connectivity index (χ1n) is 4.97. The summed E-state index contributed by atoms with van der Waals surface area (Å²) in [7, 11) is 2.51.